The summed E-state index contributed by atoms with van der Waals surface area (Å²) < 4.78 is 7.65. The Morgan fingerprint density at radius 1 is 1.38 bits per heavy atom. The highest BCUT2D eigenvalue weighted by atomic mass is 35.5. The molecule has 3 rings (SSSR count). The Bertz CT molecular complexity index is 623. The van der Waals surface area contributed by atoms with Crippen LogP contribution in [0.5, 0.6) is 5.75 Å². The number of nitrogens with zero attached hydrogens (tertiary/aromatic N) is 2. The van der Waals surface area contributed by atoms with Crippen molar-refractivity contribution in [3.05, 3.63) is 24.0 Å². The van der Waals surface area contributed by atoms with Gasteiger partial charge in [-0.2, -0.15) is 0 Å². The zero-order valence-corrected chi connectivity index (χ0v) is 13.6. The summed E-state index contributed by atoms with van der Waals surface area (Å²) in [6.45, 7) is 3.39. The maximum Gasteiger partial charge on any atom is 0.124 e. The van der Waals surface area contributed by atoms with Crippen LogP contribution in [0.4, 0.5) is 0 Å². The number of methoxy groups -OCH3 is 1. The van der Waals surface area contributed by atoms with E-state index in [0.717, 1.165) is 41.0 Å². The summed E-state index contributed by atoms with van der Waals surface area (Å²) in [6.07, 6.45) is 5.34. The largest absolute Gasteiger partial charge is 0.497 e. The van der Waals surface area contributed by atoms with Gasteiger partial charge >= 0.3 is 0 Å². The first-order chi connectivity index (χ1) is 10.2. The SMILES string of the molecule is COc1ccc2nc(CCl)n(CC3CCCC(C)C3)c2c1. The highest BCUT2D eigenvalue weighted by Crippen LogP contribution is 2.32. The van der Waals surface area contributed by atoms with Crippen LogP contribution in [0, 0.1) is 11.8 Å². The van der Waals surface area contributed by atoms with Gasteiger partial charge in [0, 0.05) is 12.6 Å². The van der Waals surface area contributed by atoms with Crippen LogP contribution in [-0.4, -0.2) is 16.7 Å². The monoisotopic (exact) mass is 306 g/mol. The molecule has 0 N–H and O–H groups in total. The average Bonchev–Trinajstić information content (AvgIpc) is 2.84. The van der Waals surface area contributed by atoms with Crippen molar-refractivity contribution in [3.8, 4) is 5.75 Å². The number of alkyl halides is 1. The van der Waals surface area contributed by atoms with Gasteiger partial charge in [0.05, 0.1) is 24.0 Å². The molecule has 0 aliphatic heterocycles. The molecular weight excluding hydrogens is 284 g/mol. The van der Waals surface area contributed by atoms with Gasteiger partial charge in [-0.25, -0.2) is 4.98 Å². The van der Waals surface area contributed by atoms with Crippen molar-refractivity contribution in [1.82, 2.24) is 9.55 Å². The molecule has 1 fully saturated rings. The molecule has 2 aromatic rings. The fourth-order valence-electron chi connectivity index (χ4n) is 3.57. The first kappa shape index (κ1) is 14.7. The molecule has 21 heavy (non-hydrogen) atoms. The second-order valence-corrected chi connectivity index (χ2v) is 6.53. The summed E-state index contributed by atoms with van der Waals surface area (Å²) in [6, 6.07) is 6.05. The summed E-state index contributed by atoms with van der Waals surface area (Å²) in [5.74, 6) is 3.88. The van der Waals surface area contributed by atoms with E-state index in [0.29, 0.717) is 5.88 Å². The average molecular weight is 307 g/mol. The summed E-state index contributed by atoms with van der Waals surface area (Å²) in [5.41, 5.74) is 2.15. The predicted octanol–water partition coefficient (Wildman–Crippen LogP) is 4.61. The lowest BCUT2D eigenvalue weighted by molar-refractivity contribution is 0.257. The van der Waals surface area contributed by atoms with Crippen molar-refractivity contribution >= 4 is 22.6 Å². The van der Waals surface area contributed by atoms with E-state index in [-0.39, 0.29) is 0 Å². The third kappa shape index (κ3) is 3.03. The van der Waals surface area contributed by atoms with Gasteiger partial charge in [0.2, 0.25) is 0 Å². The van der Waals surface area contributed by atoms with Crippen LogP contribution < -0.4 is 4.74 Å². The first-order valence-electron chi connectivity index (χ1n) is 7.80. The fraction of sp³-hybridized carbons (Fsp3) is 0.588. The van der Waals surface area contributed by atoms with Gasteiger partial charge in [-0.15, -0.1) is 11.6 Å². The minimum atomic E-state index is 0.458. The van der Waals surface area contributed by atoms with E-state index in [2.05, 4.69) is 22.5 Å². The van der Waals surface area contributed by atoms with Crippen LogP contribution in [0.25, 0.3) is 11.0 Å². The molecule has 2 atom stereocenters. The van der Waals surface area contributed by atoms with Gasteiger partial charge in [-0.3, -0.25) is 0 Å². The second kappa shape index (κ2) is 6.27. The number of imidazole rings is 1. The van der Waals surface area contributed by atoms with Crippen molar-refractivity contribution in [2.45, 2.75) is 45.0 Å². The van der Waals surface area contributed by atoms with Crippen LogP contribution in [0.1, 0.15) is 38.4 Å². The Morgan fingerprint density at radius 3 is 2.95 bits per heavy atom. The third-order valence-corrected chi connectivity index (χ3v) is 4.88. The number of hydrogen-bond acceptors (Lipinski definition) is 2. The Labute approximate surface area is 131 Å². The van der Waals surface area contributed by atoms with E-state index in [1.807, 2.05) is 12.1 Å². The third-order valence-electron chi connectivity index (χ3n) is 4.64. The molecule has 1 aromatic carbocycles. The lowest BCUT2D eigenvalue weighted by Crippen LogP contribution is -2.19. The Kier molecular flexibility index (Phi) is 4.39. The molecule has 1 aliphatic carbocycles. The van der Waals surface area contributed by atoms with Crippen LogP contribution in [-0.2, 0) is 12.4 Å². The van der Waals surface area contributed by atoms with Gasteiger partial charge in [0.1, 0.15) is 11.6 Å². The van der Waals surface area contributed by atoms with Crippen molar-refractivity contribution in [1.29, 1.82) is 0 Å². The van der Waals surface area contributed by atoms with E-state index >= 15 is 0 Å². The Balaban J connectivity index is 1.94. The van der Waals surface area contributed by atoms with Gasteiger partial charge in [-0.05, 0) is 36.8 Å². The molecule has 0 spiro atoms. The molecular formula is C17H23ClN2O. The Hall–Kier alpha value is -1.22. The summed E-state index contributed by atoms with van der Waals surface area (Å²) in [4.78, 5) is 4.67. The van der Waals surface area contributed by atoms with Crippen molar-refractivity contribution in [3.63, 3.8) is 0 Å². The molecule has 4 heteroatoms. The van der Waals surface area contributed by atoms with E-state index in [1.54, 1.807) is 7.11 Å². The van der Waals surface area contributed by atoms with Gasteiger partial charge in [0.15, 0.2) is 0 Å². The van der Waals surface area contributed by atoms with Crippen LogP contribution >= 0.6 is 11.6 Å². The number of aromatic nitrogens is 2. The number of rotatable bonds is 4. The number of benzene rings is 1. The van der Waals surface area contributed by atoms with Crippen LogP contribution in [0.3, 0.4) is 0 Å². The molecule has 1 heterocycles. The van der Waals surface area contributed by atoms with Crippen molar-refractivity contribution in [2.75, 3.05) is 7.11 Å². The molecule has 0 saturated heterocycles. The molecule has 0 radical (unpaired) electrons. The van der Waals surface area contributed by atoms with Crippen LogP contribution in [0.2, 0.25) is 0 Å². The minimum absolute atomic E-state index is 0.458. The first-order valence-corrected chi connectivity index (χ1v) is 8.33. The number of hydrogen-bond donors (Lipinski definition) is 0. The number of fused-ring (bicyclic) bond motifs is 1. The highest BCUT2D eigenvalue weighted by Gasteiger charge is 2.21. The van der Waals surface area contributed by atoms with Crippen molar-refractivity contribution in [2.24, 2.45) is 11.8 Å². The normalized spacial score (nSPS) is 22.6. The zero-order valence-electron chi connectivity index (χ0n) is 12.8. The van der Waals surface area contributed by atoms with E-state index in [9.17, 15) is 0 Å². The van der Waals surface area contributed by atoms with Gasteiger partial charge < -0.3 is 9.30 Å². The zero-order chi connectivity index (χ0) is 14.8. The minimum Gasteiger partial charge on any atom is -0.497 e. The summed E-state index contributed by atoms with van der Waals surface area (Å²) in [5, 5.41) is 0. The molecule has 114 valence electrons. The summed E-state index contributed by atoms with van der Waals surface area (Å²) in [7, 11) is 1.70. The van der Waals surface area contributed by atoms with Crippen LogP contribution in [0.15, 0.2) is 18.2 Å². The molecule has 0 bridgehead atoms. The molecule has 3 nitrogen and oxygen atoms in total. The smallest absolute Gasteiger partial charge is 0.124 e. The Morgan fingerprint density at radius 2 is 2.24 bits per heavy atom. The molecule has 1 aliphatic rings. The second-order valence-electron chi connectivity index (χ2n) is 6.26. The predicted molar refractivity (Wildman–Crippen MR) is 87.0 cm³/mol. The maximum absolute atomic E-state index is 6.11. The topological polar surface area (TPSA) is 27.1 Å². The molecule has 1 aromatic heterocycles. The quantitative estimate of drug-likeness (QED) is 0.771. The molecule has 1 saturated carbocycles. The standard InChI is InChI=1S/C17H23ClN2O/c1-12-4-3-5-13(8-12)11-20-16-9-14(21-2)6-7-15(16)19-17(20)10-18/h6-7,9,12-13H,3-5,8,10-11H2,1-2H3. The summed E-state index contributed by atoms with van der Waals surface area (Å²) >= 11 is 6.11. The fourth-order valence-corrected chi connectivity index (χ4v) is 3.77. The van der Waals surface area contributed by atoms with Gasteiger partial charge in [0.25, 0.3) is 0 Å². The lowest BCUT2D eigenvalue weighted by Gasteiger charge is -2.27. The van der Waals surface area contributed by atoms with E-state index in [4.69, 9.17) is 16.3 Å². The van der Waals surface area contributed by atoms with Crippen molar-refractivity contribution < 1.29 is 4.74 Å². The van der Waals surface area contributed by atoms with Gasteiger partial charge in [-0.1, -0.05) is 19.8 Å². The van der Waals surface area contributed by atoms with E-state index < -0.39 is 0 Å². The number of ether oxygens (including phenoxy) is 1. The number of halogens is 1. The molecule has 0 amide bonds. The molecule has 2 unspecified atom stereocenters. The highest BCUT2D eigenvalue weighted by molar-refractivity contribution is 6.16. The van der Waals surface area contributed by atoms with E-state index in [1.165, 1.54) is 25.7 Å². The maximum atomic E-state index is 6.11. The lowest BCUT2D eigenvalue weighted by atomic mass is 9.82.